The van der Waals surface area contributed by atoms with Crippen molar-refractivity contribution in [2.45, 2.75) is 20.3 Å². The molecule has 0 heterocycles. The maximum atomic E-state index is 11.8. The summed E-state index contributed by atoms with van der Waals surface area (Å²) in [6.45, 7) is 3.69. The Bertz CT molecular complexity index is 818. The normalized spacial score (nSPS) is 10.1. The Morgan fingerprint density at radius 2 is 1.79 bits per heavy atom. The lowest BCUT2D eigenvalue weighted by molar-refractivity contribution is -0.147. The molecule has 148 valence electrons. The number of rotatable bonds is 9. The van der Waals surface area contributed by atoms with Crippen molar-refractivity contribution >= 4 is 23.5 Å². The first kappa shape index (κ1) is 21.0. The number of benzene rings is 2. The third kappa shape index (κ3) is 7.90. The van der Waals surface area contributed by atoms with Gasteiger partial charge in [0.25, 0.3) is 5.91 Å². The number of aryl methyl sites for hydroxylation is 1. The van der Waals surface area contributed by atoms with Crippen LogP contribution in [0.3, 0.4) is 0 Å². The smallest absolute Gasteiger partial charge is 0.310 e. The Balaban J connectivity index is 1.62. The average Bonchev–Trinajstić information content (AvgIpc) is 2.65. The zero-order valence-electron chi connectivity index (χ0n) is 16.0. The van der Waals surface area contributed by atoms with Crippen LogP contribution in [0, 0.1) is 6.92 Å². The van der Waals surface area contributed by atoms with Crippen LogP contribution in [0.1, 0.15) is 18.1 Å². The summed E-state index contributed by atoms with van der Waals surface area (Å²) >= 11 is 0. The maximum absolute atomic E-state index is 11.8. The second kappa shape index (κ2) is 10.7. The van der Waals surface area contributed by atoms with Crippen LogP contribution in [0.4, 0.5) is 5.69 Å². The Morgan fingerprint density at radius 1 is 1.04 bits per heavy atom. The summed E-state index contributed by atoms with van der Waals surface area (Å²) in [5.41, 5.74) is 2.47. The summed E-state index contributed by atoms with van der Waals surface area (Å²) < 4.78 is 10.5. The number of esters is 1. The molecule has 0 unspecified atom stereocenters. The number of nitrogens with one attached hydrogen (secondary N) is 2. The van der Waals surface area contributed by atoms with Crippen LogP contribution < -0.4 is 15.4 Å². The van der Waals surface area contributed by atoms with E-state index in [-0.39, 0.29) is 24.8 Å². The van der Waals surface area contributed by atoms with E-state index in [1.54, 1.807) is 24.3 Å². The third-order valence-electron chi connectivity index (χ3n) is 3.67. The molecular weight excluding hydrogens is 360 g/mol. The van der Waals surface area contributed by atoms with Gasteiger partial charge in [0.1, 0.15) is 12.4 Å². The van der Waals surface area contributed by atoms with Crippen molar-refractivity contribution in [2.24, 2.45) is 0 Å². The van der Waals surface area contributed by atoms with E-state index in [1.165, 1.54) is 6.92 Å². The molecule has 2 aromatic rings. The topological polar surface area (TPSA) is 93.7 Å². The molecule has 0 radical (unpaired) electrons. The van der Waals surface area contributed by atoms with E-state index in [0.29, 0.717) is 18.8 Å². The van der Waals surface area contributed by atoms with Crippen molar-refractivity contribution in [1.29, 1.82) is 0 Å². The van der Waals surface area contributed by atoms with Crippen LogP contribution in [0.25, 0.3) is 0 Å². The zero-order valence-corrected chi connectivity index (χ0v) is 16.0. The summed E-state index contributed by atoms with van der Waals surface area (Å²) in [4.78, 5) is 34.5. The van der Waals surface area contributed by atoms with Crippen molar-refractivity contribution in [3.8, 4) is 5.75 Å². The number of hydrogen-bond donors (Lipinski definition) is 2. The number of carbonyl (C=O) groups is 3. The highest BCUT2D eigenvalue weighted by Gasteiger charge is 2.09. The van der Waals surface area contributed by atoms with Crippen LogP contribution in [-0.2, 0) is 25.5 Å². The summed E-state index contributed by atoms with van der Waals surface area (Å²) in [5, 5.41) is 5.28. The van der Waals surface area contributed by atoms with Crippen LogP contribution >= 0.6 is 0 Å². The Hall–Kier alpha value is -3.35. The van der Waals surface area contributed by atoms with Gasteiger partial charge in [-0.3, -0.25) is 14.4 Å². The van der Waals surface area contributed by atoms with Crippen molar-refractivity contribution in [3.63, 3.8) is 0 Å². The molecule has 2 aromatic carbocycles. The van der Waals surface area contributed by atoms with E-state index in [9.17, 15) is 14.4 Å². The van der Waals surface area contributed by atoms with Crippen LogP contribution in [0.5, 0.6) is 5.75 Å². The largest absolute Gasteiger partial charge is 0.492 e. The highest BCUT2D eigenvalue weighted by molar-refractivity contribution is 5.88. The van der Waals surface area contributed by atoms with Gasteiger partial charge in [-0.25, -0.2) is 0 Å². The monoisotopic (exact) mass is 384 g/mol. The van der Waals surface area contributed by atoms with Gasteiger partial charge in [-0.05, 0) is 42.3 Å². The fraction of sp³-hybridized carbons (Fsp3) is 0.286. The Kier molecular flexibility index (Phi) is 8.02. The van der Waals surface area contributed by atoms with E-state index in [2.05, 4.69) is 10.6 Å². The van der Waals surface area contributed by atoms with Gasteiger partial charge in [0.15, 0.2) is 6.61 Å². The van der Waals surface area contributed by atoms with Gasteiger partial charge in [0.2, 0.25) is 5.91 Å². The minimum Gasteiger partial charge on any atom is -0.492 e. The van der Waals surface area contributed by atoms with Gasteiger partial charge in [0.05, 0.1) is 13.0 Å². The molecule has 2 N–H and O–H groups in total. The SMILES string of the molecule is CC(=O)Nc1ccc(CC(=O)OCC(=O)NCCOc2cccc(C)c2)cc1. The third-order valence-corrected chi connectivity index (χ3v) is 3.67. The lowest BCUT2D eigenvalue weighted by Gasteiger charge is -2.09. The number of amides is 2. The molecule has 0 aromatic heterocycles. The summed E-state index contributed by atoms with van der Waals surface area (Å²) in [5.74, 6) is -0.312. The molecule has 2 rings (SSSR count). The lowest BCUT2D eigenvalue weighted by Crippen LogP contribution is -2.32. The van der Waals surface area contributed by atoms with Crippen LogP contribution in [0.15, 0.2) is 48.5 Å². The van der Waals surface area contributed by atoms with Crippen LogP contribution in [-0.4, -0.2) is 37.5 Å². The first-order valence-electron chi connectivity index (χ1n) is 8.90. The van der Waals surface area contributed by atoms with Gasteiger partial charge in [-0.1, -0.05) is 24.3 Å². The van der Waals surface area contributed by atoms with Crippen molar-refractivity contribution in [1.82, 2.24) is 5.32 Å². The second-order valence-electron chi connectivity index (χ2n) is 6.23. The Morgan fingerprint density at radius 3 is 2.46 bits per heavy atom. The van der Waals surface area contributed by atoms with E-state index in [0.717, 1.165) is 16.9 Å². The first-order chi connectivity index (χ1) is 13.4. The summed E-state index contributed by atoms with van der Waals surface area (Å²) in [6, 6.07) is 14.5. The van der Waals surface area contributed by atoms with Gasteiger partial charge < -0.3 is 20.1 Å². The molecule has 0 spiro atoms. The Labute approximate surface area is 164 Å². The molecule has 28 heavy (non-hydrogen) atoms. The minimum atomic E-state index is -0.501. The minimum absolute atomic E-state index is 0.0457. The molecule has 0 saturated carbocycles. The van der Waals surface area contributed by atoms with E-state index in [4.69, 9.17) is 9.47 Å². The number of hydrogen-bond acceptors (Lipinski definition) is 5. The van der Waals surface area contributed by atoms with E-state index < -0.39 is 5.97 Å². The molecular formula is C21H24N2O5. The molecule has 0 aliphatic carbocycles. The second-order valence-corrected chi connectivity index (χ2v) is 6.23. The fourth-order valence-corrected chi connectivity index (χ4v) is 2.39. The maximum Gasteiger partial charge on any atom is 0.310 e. The van der Waals surface area contributed by atoms with Crippen molar-refractivity contribution in [3.05, 3.63) is 59.7 Å². The number of ether oxygens (including phenoxy) is 2. The molecule has 0 aliphatic rings. The quantitative estimate of drug-likeness (QED) is 0.511. The molecule has 0 aliphatic heterocycles. The fourth-order valence-electron chi connectivity index (χ4n) is 2.39. The average molecular weight is 384 g/mol. The van der Waals surface area contributed by atoms with Crippen molar-refractivity contribution < 1.29 is 23.9 Å². The predicted molar refractivity (Wildman–Crippen MR) is 105 cm³/mol. The molecule has 7 nitrogen and oxygen atoms in total. The molecule has 2 amide bonds. The molecule has 0 fully saturated rings. The van der Waals surface area contributed by atoms with E-state index >= 15 is 0 Å². The molecule has 0 atom stereocenters. The standard InChI is InChI=1S/C21H24N2O5/c1-15-4-3-5-19(12-15)27-11-10-22-20(25)14-28-21(26)13-17-6-8-18(9-7-17)23-16(2)24/h3-9,12H,10-11,13-14H2,1-2H3,(H,22,25)(H,23,24). The molecule has 0 bridgehead atoms. The molecule has 7 heteroatoms. The highest BCUT2D eigenvalue weighted by atomic mass is 16.5. The summed E-state index contributed by atoms with van der Waals surface area (Å²) in [7, 11) is 0. The van der Waals surface area contributed by atoms with Gasteiger partial charge >= 0.3 is 5.97 Å². The molecule has 0 saturated heterocycles. The van der Waals surface area contributed by atoms with E-state index in [1.807, 2.05) is 31.2 Å². The van der Waals surface area contributed by atoms with Crippen molar-refractivity contribution in [2.75, 3.05) is 25.1 Å². The van der Waals surface area contributed by atoms with Crippen LogP contribution in [0.2, 0.25) is 0 Å². The summed E-state index contributed by atoms with van der Waals surface area (Å²) in [6.07, 6.45) is 0.0457. The predicted octanol–water partition coefficient (Wildman–Crippen LogP) is 2.23. The first-order valence-corrected chi connectivity index (χ1v) is 8.90. The lowest BCUT2D eigenvalue weighted by atomic mass is 10.1. The van der Waals surface area contributed by atoms with Gasteiger partial charge in [0, 0.05) is 12.6 Å². The highest BCUT2D eigenvalue weighted by Crippen LogP contribution is 2.12. The zero-order chi connectivity index (χ0) is 20.4. The van der Waals surface area contributed by atoms with Gasteiger partial charge in [-0.15, -0.1) is 0 Å². The number of anilines is 1. The van der Waals surface area contributed by atoms with Gasteiger partial charge in [-0.2, -0.15) is 0 Å². The number of carbonyl (C=O) groups excluding carboxylic acids is 3.